The van der Waals surface area contributed by atoms with Crippen molar-refractivity contribution in [2.45, 2.75) is 0 Å². The normalized spacial score (nSPS) is 17.2. The van der Waals surface area contributed by atoms with Gasteiger partial charge < -0.3 is 15.2 Å². The maximum atomic E-state index is 11.8. The third kappa shape index (κ3) is 1.63. The molecule has 1 amide bonds. The lowest BCUT2D eigenvalue weighted by molar-refractivity contribution is -0.182. The molecule has 0 bridgehead atoms. The number of carboxylic acid groups (broad SMARTS) is 1. The lowest BCUT2D eigenvalue weighted by Crippen LogP contribution is -2.57. The Kier molecular flexibility index (Phi) is 2.57. The van der Waals surface area contributed by atoms with E-state index in [9.17, 15) is 9.59 Å². The molecule has 1 aromatic rings. The number of aliphatic carboxylic acids is 1. The fourth-order valence-corrected chi connectivity index (χ4v) is 1.34. The summed E-state index contributed by atoms with van der Waals surface area (Å²) in [5.74, 6) is -1.72. The lowest BCUT2D eigenvalue weighted by Gasteiger charge is -2.35. The number of nitrogens with one attached hydrogen (secondary N) is 1. The molecule has 0 atom stereocenters. The van der Waals surface area contributed by atoms with E-state index >= 15 is 0 Å². The molecule has 0 unspecified atom stereocenters. The number of carbonyl (C=O) groups excluding carboxylic acids is 1. The van der Waals surface area contributed by atoms with Crippen LogP contribution < -0.4 is 5.32 Å². The van der Waals surface area contributed by atoms with E-state index in [1.54, 1.807) is 12.1 Å². The van der Waals surface area contributed by atoms with Crippen LogP contribution in [-0.2, 0) is 14.3 Å². The van der Waals surface area contributed by atoms with E-state index in [0.717, 1.165) is 0 Å². The second-order valence-corrected chi connectivity index (χ2v) is 3.57. The van der Waals surface area contributed by atoms with Gasteiger partial charge in [0.1, 0.15) is 0 Å². The third-order valence-electron chi connectivity index (χ3n) is 2.48. The number of carbonyl (C=O) groups is 2. The molecule has 0 spiro atoms. The fourth-order valence-electron chi connectivity index (χ4n) is 1.34. The van der Waals surface area contributed by atoms with Crippen LogP contribution in [-0.4, -0.2) is 35.2 Å². The number of hydrogen-bond donors (Lipinski definition) is 2. The zero-order chi connectivity index (χ0) is 11.6. The van der Waals surface area contributed by atoms with Crippen molar-refractivity contribution >= 4 is 17.6 Å². The first kappa shape index (κ1) is 10.6. The van der Waals surface area contributed by atoms with E-state index in [1.807, 2.05) is 0 Å². The van der Waals surface area contributed by atoms with Gasteiger partial charge >= 0.3 is 5.97 Å². The van der Waals surface area contributed by atoms with Crippen LogP contribution in [0.25, 0.3) is 0 Å². The number of anilines is 1. The molecule has 16 heavy (non-hydrogen) atoms. The molecule has 1 aromatic heterocycles. The summed E-state index contributed by atoms with van der Waals surface area (Å²) in [5, 5.41) is 11.5. The highest BCUT2D eigenvalue weighted by molar-refractivity contribution is 6.09. The lowest BCUT2D eigenvalue weighted by atomic mass is 9.85. The summed E-state index contributed by atoms with van der Waals surface area (Å²) in [7, 11) is 0. The molecule has 2 heterocycles. The molecule has 1 aliphatic heterocycles. The molecule has 1 saturated heterocycles. The summed E-state index contributed by atoms with van der Waals surface area (Å²) in [6.07, 6.45) is 3.03. The van der Waals surface area contributed by atoms with Gasteiger partial charge in [-0.1, -0.05) is 0 Å². The molecule has 1 aliphatic rings. The number of rotatable bonds is 3. The SMILES string of the molecule is O=C(O)C1(C(=O)Nc2ccncc2)COC1. The van der Waals surface area contributed by atoms with Gasteiger partial charge in [0.25, 0.3) is 0 Å². The van der Waals surface area contributed by atoms with Crippen LogP contribution in [0.5, 0.6) is 0 Å². The Balaban J connectivity index is 2.11. The smallest absolute Gasteiger partial charge is 0.324 e. The second kappa shape index (κ2) is 3.90. The molecule has 84 valence electrons. The molecule has 2 N–H and O–H groups in total. The quantitative estimate of drug-likeness (QED) is 0.709. The predicted octanol–water partition coefficient (Wildman–Crippen LogP) is 0.121. The number of carboxylic acids is 1. The Morgan fingerprint density at radius 1 is 1.38 bits per heavy atom. The molecule has 0 aromatic carbocycles. The Morgan fingerprint density at radius 3 is 2.44 bits per heavy atom. The van der Waals surface area contributed by atoms with Crippen molar-refractivity contribution in [3.63, 3.8) is 0 Å². The first-order valence-electron chi connectivity index (χ1n) is 4.68. The monoisotopic (exact) mass is 222 g/mol. The maximum Gasteiger partial charge on any atom is 0.324 e. The topological polar surface area (TPSA) is 88.5 Å². The number of aromatic nitrogens is 1. The Labute approximate surface area is 91.3 Å². The largest absolute Gasteiger partial charge is 0.480 e. The van der Waals surface area contributed by atoms with Gasteiger partial charge in [-0.05, 0) is 12.1 Å². The Morgan fingerprint density at radius 2 is 2.00 bits per heavy atom. The molecule has 2 rings (SSSR count). The number of pyridine rings is 1. The van der Waals surface area contributed by atoms with E-state index in [1.165, 1.54) is 12.4 Å². The molecule has 0 aliphatic carbocycles. The van der Waals surface area contributed by atoms with Crippen LogP contribution in [0.15, 0.2) is 24.5 Å². The highest BCUT2D eigenvalue weighted by atomic mass is 16.5. The van der Waals surface area contributed by atoms with Crippen LogP contribution in [0, 0.1) is 5.41 Å². The molecule has 6 nitrogen and oxygen atoms in total. The molecule has 0 saturated carbocycles. The average Bonchev–Trinajstić information content (AvgIpc) is 2.16. The summed E-state index contributed by atoms with van der Waals surface area (Å²) in [4.78, 5) is 26.5. The molecular formula is C10H10N2O4. The minimum atomic E-state index is -1.44. The van der Waals surface area contributed by atoms with Crippen molar-refractivity contribution in [3.05, 3.63) is 24.5 Å². The van der Waals surface area contributed by atoms with Crippen LogP contribution in [0.4, 0.5) is 5.69 Å². The summed E-state index contributed by atoms with van der Waals surface area (Å²) in [6, 6.07) is 3.18. The third-order valence-corrected chi connectivity index (χ3v) is 2.48. The van der Waals surface area contributed by atoms with Gasteiger partial charge in [0.2, 0.25) is 5.91 Å². The molecule has 0 radical (unpaired) electrons. The number of ether oxygens (including phenoxy) is 1. The van der Waals surface area contributed by atoms with Gasteiger partial charge in [-0.25, -0.2) is 0 Å². The van der Waals surface area contributed by atoms with Gasteiger partial charge in [0, 0.05) is 18.1 Å². The minimum absolute atomic E-state index is 0.0841. The summed E-state index contributed by atoms with van der Waals surface area (Å²) >= 11 is 0. The minimum Gasteiger partial charge on any atom is -0.480 e. The Hall–Kier alpha value is -1.95. The maximum absolute atomic E-state index is 11.8. The van der Waals surface area contributed by atoms with Crippen molar-refractivity contribution in [1.82, 2.24) is 4.98 Å². The number of amides is 1. The van der Waals surface area contributed by atoms with Gasteiger partial charge in [-0.15, -0.1) is 0 Å². The number of hydrogen-bond acceptors (Lipinski definition) is 4. The van der Waals surface area contributed by atoms with Gasteiger partial charge in [0.15, 0.2) is 5.41 Å². The predicted molar refractivity (Wildman–Crippen MR) is 53.8 cm³/mol. The standard InChI is InChI=1S/C10H10N2O4/c13-8(10(9(14)15)5-16-6-10)12-7-1-3-11-4-2-7/h1-4H,5-6H2,(H,14,15)(H,11,12,13). The van der Waals surface area contributed by atoms with Crippen LogP contribution >= 0.6 is 0 Å². The molecule has 1 fully saturated rings. The average molecular weight is 222 g/mol. The first-order valence-corrected chi connectivity index (χ1v) is 4.68. The highest BCUT2D eigenvalue weighted by Crippen LogP contribution is 2.29. The molecular weight excluding hydrogens is 212 g/mol. The van der Waals surface area contributed by atoms with Crippen molar-refractivity contribution in [2.24, 2.45) is 5.41 Å². The van der Waals surface area contributed by atoms with Crippen LogP contribution in [0.2, 0.25) is 0 Å². The highest BCUT2D eigenvalue weighted by Gasteiger charge is 2.53. The Bertz CT molecular complexity index is 414. The van der Waals surface area contributed by atoms with E-state index in [4.69, 9.17) is 9.84 Å². The van der Waals surface area contributed by atoms with E-state index < -0.39 is 17.3 Å². The van der Waals surface area contributed by atoms with Gasteiger partial charge in [-0.3, -0.25) is 14.6 Å². The van der Waals surface area contributed by atoms with Crippen LogP contribution in [0.1, 0.15) is 0 Å². The van der Waals surface area contributed by atoms with Crippen molar-refractivity contribution in [3.8, 4) is 0 Å². The van der Waals surface area contributed by atoms with Crippen molar-refractivity contribution in [1.29, 1.82) is 0 Å². The summed E-state index contributed by atoms with van der Waals surface area (Å²) in [6.45, 7) is -0.168. The van der Waals surface area contributed by atoms with E-state index in [2.05, 4.69) is 10.3 Å². The first-order chi connectivity index (χ1) is 7.65. The molecule has 6 heteroatoms. The van der Waals surface area contributed by atoms with Crippen molar-refractivity contribution in [2.75, 3.05) is 18.5 Å². The fraction of sp³-hybridized carbons (Fsp3) is 0.300. The van der Waals surface area contributed by atoms with Crippen LogP contribution in [0.3, 0.4) is 0 Å². The van der Waals surface area contributed by atoms with E-state index in [-0.39, 0.29) is 13.2 Å². The zero-order valence-electron chi connectivity index (χ0n) is 8.34. The van der Waals surface area contributed by atoms with Gasteiger partial charge in [-0.2, -0.15) is 0 Å². The summed E-state index contributed by atoms with van der Waals surface area (Å²) in [5.41, 5.74) is -0.920. The number of nitrogens with zero attached hydrogens (tertiary/aromatic N) is 1. The van der Waals surface area contributed by atoms with Crippen molar-refractivity contribution < 1.29 is 19.4 Å². The second-order valence-electron chi connectivity index (χ2n) is 3.57. The zero-order valence-corrected chi connectivity index (χ0v) is 8.34. The summed E-state index contributed by atoms with van der Waals surface area (Å²) < 4.78 is 4.80. The van der Waals surface area contributed by atoms with Gasteiger partial charge in [0.05, 0.1) is 13.2 Å². The van der Waals surface area contributed by atoms with E-state index in [0.29, 0.717) is 5.69 Å².